The minimum Gasteiger partial charge on any atom is -0.392 e. The van der Waals surface area contributed by atoms with Crippen LogP contribution in [0, 0.1) is 22.7 Å². The van der Waals surface area contributed by atoms with Gasteiger partial charge in [0.25, 0.3) is 0 Å². The Kier molecular flexibility index (Phi) is 3.05. The molecule has 1 saturated carbocycles. The smallest absolute Gasteiger partial charge is 0.155 e. The van der Waals surface area contributed by atoms with Crippen LogP contribution in [0.25, 0.3) is 0 Å². The van der Waals surface area contributed by atoms with Gasteiger partial charge in [0.1, 0.15) is 0 Å². The molecule has 0 bridgehead atoms. The molecule has 0 aliphatic heterocycles. The van der Waals surface area contributed by atoms with E-state index in [0.717, 1.165) is 25.7 Å². The van der Waals surface area contributed by atoms with Gasteiger partial charge in [-0.1, -0.05) is 37.5 Å². The minimum atomic E-state index is -0.233. The largest absolute Gasteiger partial charge is 0.392 e. The van der Waals surface area contributed by atoms with Crippen molar-refractivity contribution in [3.8, 4) is 0 Å². The molecule has 0 amide bonds. The van der Waals surface area contributed by atoms with Gasteiger partial charge in [0.2, 0.25) is 0 Å². The average molecular weight is 300 g/mol. The van der Waals surface area contributed by atoms with Gasteiger partial charge < -0.3 is 5.11 Å². The van der Waals surface area contributed by atoms with Crippen LogP contribution in [0.1, 0.15) is 65.7 Å². The molecule has 0 radical (unpaired) electrons. The van der Waals surface area contributed by atoms with E-state index >= 15 is 0 Å². The molecule has 0 spiro atoms. The number of rotatable bonds is 0. The summed E-state index contributed by atoms with van der Waals surface area (Å²) >= 11 is 0. The van der Waals surface area contributed by atoms with Crippen molar-refractivity contribution in [2.24, 2.45) is 22.7 Å². The zero-order valence-corrected chi connectivity index (χ0v) is 14.1. The highest BCUT2D eigenvalue weighted by Crippen LogP contribution is 2.62. The van der Waals surface area contributed by atoms with Gasteiger partial charge in [0.15, 0.2) is 5.78 Å². The van der Waals surface area contributed by atoms with Gasteiger partial charge in [-0.25, -0.2) is 0 Å². The van der Waals surface area contributed by atoms with Gasteiger partial charge in [0, 0.05) is 12.3 Å². The van der Waals surface area contributed by atoms with Crippen LogP contribution in [0.3, 0.4) is 0 Å². The lowest BCUT2D eigenvalue weighted by Gasteiger charge is -2.54. The third kappa shape index (κ3) is 1.86. The molecule has 1 fully saturated rings. The molecule has 4 aliphatic carbocycles. The molecular weight excluding hydrogens is 272 g/mol. The monoisotopic (exact) mass is 300 g/mol. The number of aliphatic hydroxyl groups is 1. The highest BCUT2D eigenvalue weighted by atomic mass is 16.3. The molecule has 4 atom stereocenters. The molecule has 0 aromatic carbocycles. The third-order valence-corrected chi connectivity index (χ3v) is 7.35. The first-order valence-corrected chi connectivity index (χ1v) is 8.97. The van der Waals surface area contributed by atoms with Gasteiger partial charge >= 0.3 is 0 Å². The first-order chi connectivity index (χ1) is 10.3. The van der Waals surface area contributed by atoms with Crippen LogP contribution >= 0.6 is 0 Å². The summed E-state index contributed by atoms with van der Waals surface area (Å²) < 4.78 is 0. The van der Waals surface area contributed by atoms with E-state index in [1.165, 1.54) is 18.4 Å². The van der Waals surface area contributed by atoms with Gasteiger partial charge in [-0.15, -0.1) is 0 Å². The third-order valence-electron chi connectivity index (χ3n) is 7.35. The summed E-state index contributed by atoms with van der Waals surface area (Å²) in [5.74, 6) is 1.17. The zero-order valence-electron chi connectivity index (χ0n) is 14.1. The van der Waals surface area contributed by atoms with E-state index in [0.29, 0.717) is 18.3 Å². The second kappa shape index (κ2) is 4.56. The molecule has 2 unspecified atom stereocenters. The summed E-state index contributed by atoms with van der Waals surface area (Å²) in [5, 5.41) is 11.0. The standard InChI is InChI=1S/C20H28O2/c1-19(2)8-7-14-15-5-4-12-10-13(21)6-9-20(12,3)18(15)17(22)11-16(14)19/h10,15,17-18,22H,4-9,11H2,1-3H3/t15?,17-,18-,20?/m1/s1. The molecule has 120 valence electrons. The van der Waals surface area contributed by atoms with E-state index < -0.39 is 0 Å². The maximum Gasteiger partial charge on any atom is 0.155 e. The van der Waals surface area contributed by atoms with Crippen molar-refractivity contribution >= 4 is 5.78 Å². The highest BCUT2D eigenvalue weighted by molar-refractivity contribution is 5.91. The molecule has 1 N–H and O–H groups in total. The maximum absolute atomic E-state index is 11.8. The second-order valence-electron chi connectivity index (χ2n) is 8.88. The lowest BCUT2D eigenvalue weighted by molar-refractivity contribution is -0.117. The summed E-state index contributed by atoms with van der Waals surface area (Å²) in [6, 6.07) is 0. The Labute approximate surface area is 133 Å². The zero-order chi connectivity index (χ0) is 15.7. The molecule has 0 aromatic heterocycles. The van der Waals surface area contributed by atoms with E-state index in [2.05, 4.69) is 20.8 Å². The summed E-state index contributed by atoms with van der Waals surface area (Å²) in [5.41, 5.74) is 4.88. The van der Waals surface area contributed by atoms with Crippen molar-refractivity contribution in [3.05, 3.63) is 22.8 Å². The number of hydrogen-bond acceptors (Lipinski definition) is 2. The highest BCUT2D eigenvalue weighted by Gasteiger charge is 2.54. The van der Waals surface area contributed by atoms with Gasteiger partial charge in [0.05, 0.1) is 6.10 Å². The maximum atomic E-state index is 11.8. The Bertz CT molecular complexity index is 595. The average Bonchev–Trinajstić information content (AvgIpc) is 2.75. The van der Waals surface area contributed by atoms with Crippen LogP contribution in [-0.4, -0.2) is 17.0 Å². The lowest BCUT2D eigenvalue weighted by Crippen LogP contribution is -2.49. The molecule has 2 heteroatoms. The number of carbonyl (C=O) groups is 1. The fourth-order valence-corrected chi connectivity index (χ4v) is 6.07. The van der Waals surface area contributed by atoms with Crippen LogP contribution in [-0.2, 0) is 4.79 Å². The Morgan fingerprint density at radius 3 is 2.68 bits per heavy atom. The number of allylic oxidation sites excluding steroid dienone is 3. The van der Waals surface area contributed by atoms with Crippen molar-refractivity contribution in [1.29, 1.82) is 0 Å². The predicted molar refractivity (Wildman–Crippen MR) is 87.3 cm³/mol. The number of carbonyl (C=O) groups excluding carboxylic acids is 1. The van der Waals surface area contributed by atoms with Gasteiger partial charge in [-0.2, -0.15) is 0 Å². The fraction of sp³-hybridized carbons (Fsp3) is 0.750. The first kappa shape index (κ1) is 14.7. The van der Waals surface area contributed by atoms with Gasteiger partial charge in [-0.3, -0.25) is 4.79 Å². The number of hydrogen-bond donors (Lipinski definition) is 1. The van der Waals surface area contributed by atoms with E-state index in [1.54, 1.807) is 11.1 Å². The molecule has 0 saturated heterocycles. The van der Waals surface area contributed by atoms with Crippen LogP contribution in [0.4, 0.5) is 0 Å². The van der Waals surface area contributed by atoms with Crippen LogP contribution < -0.4 is 0 Å². The van der Waals surface area contributed by atoms with E-state index in [1.807, 2.05) is 6.08 Å². The normalized spacial score (nSPS) is 43.4. The molecule has 4 rings (SSSR count). The summed E-state index contributed by atoms with van der Waals surface area (Å²) in [7, 11) is 0. The number of aliphatic hydroxyl groups excluding tert-OH is 1. The van der Waals surface area contributed by atoms with Crippen LogP contribution in [0.15, 0.2) is 22.8 Å². The molecule has 0 heterocycles. The van der Waals surface area contributed by atoms with Crippen molar-refractivity contribution in [2.75, 3.05) is 0 Å². The number of fused-ring (bicyclic) bond motifs is 4. The molecule has 22 heavy (non-hydrogen) atoms. The minimum absolute atomic E-state index is 0.0432. The first-order valence-electron chi connectivity index (χ1n) is 8.97. The van der Waals surface area contributed by atoms with E-state index in [4.69, 9.17) is 0 Å². The molecular formula is C20H28O2. The van der Waals surface area contributed by atoms with Crippen molar-refractivity contribution in [2.45, 2.75) is 71.8 Å². The van der Waals surface area contributed by atoms with Crippen molar-refractivity contribution in [1.82, 2.24) is 0 Å². The summed E-state index contributed by atoms with van der Waals surface area (Å²) in [4.78, 5) is 11.8. The van der Waals surface area contributed by atoms with Gasteiger partial charge in [-0.05, 0) is 61.3 Å². The molecule has 4 aliphatic rings. The fourth-order valence-electron chi connectivity index (χ4n) is 6.07. The predicted octanol–water partition coefficient (Wildman–Crippen LogP) is 4.19. The molecule has 2 nitrogen and oxygen atoms in total. The topological polar surface area (TPSA) is 37.3 Å². The Hall–Kier alpha value is -0.890. The van der Waals surface area contributed by atoms with E-state index in [9.17, 15) is 9.90 Å². The molecule has 0 aromatic rings. The summed E-state index contributed by atoms with van der Waals surface area (Å²) in [6.45, 7) is 7.01. The van der Waals surface area contributed by atoms with Crippen LogP contribution in [0.5, 0.6) is 0 Å². The Morgan fingerprint density at radius 2 is 1.91 bits per heavy atom. The van der Waals surface area contributed by atoms with Crippen LogP contribution in [0.2, 0.25) is 0 Å². The van der Waals surface area contributed by atoms with Crippen molar-refractivity contribution in [3.63, 3.8) is 0 Å². The second-order valence-corrected chi connectivity index (χ2v) is 8.88. The Balaban J connectivity index is 1.78. The quantitative estimate of drug-likeness (QED) is 0.681. The van der Waals surface area contributed by atoms with Crippen molar-refractivity contribution < 1.29 is 9.90 Å². The Morgan fingerprint density at radius 1 is 1.14 bits per heavy atom. The SMILES string of the molecule is CC1(C)CCC2=C1C[C@@H](O)[C@H]1C2CCC2=CC(=O)CCC21C. The number of ketones is 1. The lowest BCUT2D eigenvalue weighted by atomic mass is 9.51. The summed E-state index contributed by atoms with van der Waals surface area (Å²) in [6.07, 6.45) is 8.78. The van der Waals surface area contributed by atoms with E-state index in [-0.39, 0.29) is 22.7 Å².